The van der Waals surface area contributed by atoms with Gasteiger partial charge in [0.05, 0.1) is 11.1 Å². The second-order valence-corrected chi connectivity index (χ2v) is 9.50. The van der Waals surface area contributed by atoms with Crippen LogP contribution in [0, 0.1) is 0 Å². The van der Waals surface area contributed by atoms with Crippen LogP contribution in [-0.4, -0.2) is 31.0 Å². The minimum absolute atomic E-state index is 0.0893. The molecule has 0 heterocycles. The number of amides is 2. The molecule has 2 amide bonds. The van der Waals surface area contributed by atoms with Crippen LogP contribution >= 0.6 is 31.9 Å². The molecule has 0 saturated heterocycles. The summed E-state index contributed by atoms with van der Waals surface area (Å²) < 4.78 is 12.5. The van der Waals surface area contributed by atoms with Gasteiger partial charge in [0.15, 0.2) is 6.61 Å². The zero-order valence-electron chi connectivity index (χ0n) is 19.0. The number of aryl methyl sites for hydroxylation is 1. The predicted molar refractivity (Wildman–Crippen MR) is 141 cm³/mol. The molecule has 9 heteroatoms. The average molecular weight is 606 g/mol. The highest BCUT2D eigenvalue weighted by Crippen LogP contribution is 2.34. The SMILES string of the molecule is O=C(CCCC(=O)OCCCc1ccccc1)NNC(=O)COc1ccc2cc(Br)ccc2c1Br. The van der Waals surface area contributed by atoms with Gasteiger partial charge in [0.2, 0.25) is 5.91 Å². The standard InChI is InChI=1S/C26H26Br2N2O5/c27-20-12-13-21-19(16-20)11-14-22(26(21)28)35-17-24(32)30-29-23(31)9-4-10-25(33)34-15-5-8-18-6-2-1-3-7-18/h1-3,6-7,11-14,16H,4-5,8-10,15,17H2,(H,29,31)(H,30,32). The Morgan fingerprint density at radius 2 is 1.60 bits per heavy atom. The lowest BCUT2D eigenvalue weighted by atomic mass is 10.1. The van der Waals surface area contributed by atoms with Crippen LogP contribution in [0.4, 0.5) is 0 Å². The number of hydrogen-bond donors (Lipinski definition) is 2. The lowest BCUT2D eigenvalue weighted by molar-refractivity contribution is -0.144. The van der Waals surface area contributed by atoms with Gasteiger partial charge in [-0.2, -0.15) is 0 Å². The fraction of sp³-hybridized carbons (Fsp3) is 0.269. The van der Waals surface area contributed by atoms with Crippen LogP contribution in [0.3, 0.4) is 0 Å². The number of ether oxygens (including phenoxy) is 2. The molecule has 3 aromatic carbocycles. The minimum atomic E-state index is -0.501. The van der Waals surface area contributed by atoms with Crippen molar-refractivity contribution in [1.82, 2.24) is 10.9 Å². The second kappa shape index (κ2) is 13.8. The van der Waals surface area contributed by atoms with E-state index < -0.39 is 11.8 Å². The monoisotopic (exact) mass is 604 g/mol. The van der Waals surface area contributed by atoms with E-state index in [2.05, 4.69) is 42.7 Å². The average Bonchev–Trinajstić information content (AvgIpc) is 2.85. The molecule has 0 radical (unpaired) electrons. The number of halogens is 2. The third kappa shape index (κ3) is 8.99. The molecule has 2 N–H and O–H groups in total. The van der Waals surface area contributed by atoms with Gasteiger partial charge in [-0.25, -0.2) is 0 Å². The van der Waals surface area contributed by atoms with Crippen molar-refractivity contribution in [2.75, 3.05) is 13.2 Å². The summed E-state index contributed by atoms with van der Waals surface area (Å²) in [4.78, 5) is 35.7. The van der Waals surface area contributed by atoms with E-state index in [0.29, 0.717) is 18.8 Å². The van der Waals surface area contributed by atoms with Gasteiger partial charge in [0.1, 0.15) is 5.75 Å². The molecule has 0 aliphatic carbocycles. The topological polar surface area (TPSA) is 93.7 Å². The van der Waals surface area contributed by atoms with E-state index in [1.807, 2.05) is 54.6 Å². The van der Waals surface area contributed by atoms with Crippen LogP contribution in [0.2, 0.25) is 0 Å². The van der Waals surface area contributed by atoms with Gasteiger partial charge in [0, 0.05) is 17.3 Å². The molecule has 0 aromatic heterocycles. The maximum absolute atomic E-state index is 12.0. The van der Waals surface area contributed by atoms with E-state index in [4.69, 9.17) is 9.47 Å². The number of fused-ring (bicyclic) bond motifs is 1. The van der Waals surface area contributed by atoms with Gasteiger partial charge in [-0.05, 0) is 69.7 Å². The van der Waals surface area contributed by atoms with E-state index in [1.165, 1.54) is 5.56 Å². The molecule has 0 saturated carbocycles. The van der Waals surface area contributed by atoms with E-state index in [1.54, 1.807) is 6.07 Å². The first-order valence-electron chi connectivity index (χ1n) is 11.2. The molecule has 7 nitrogen and oxygen atoms in total. The Balaban J connectivity index is 1.27. The van der Waals surface area contributed by atoms with Gasteiger partial charge >= 0.3 is 5.97 Å². The van der Waals surface area contributed by atoms with Crippen LogP contribution in [0.15, 0.2) is 69.6 Å². The maximum atomic E-state index is 12.0. The molecular weight excluding hydrogens is 580 g/mol. The predicted octanol–water partition coefficient (Wildman–Crippen LogP) is 5.24. The number of benzene rings is 3. The maximum Gasteiger partial charge on any atom is 0.305 e. The summed E-state index contributed by atoms with van der Waals surface area (Å²) in [6.45, 7) is 0.0804. The largest absolute Gasteiger partial charge is 0.483 e. The Labute approximate surface area is 220 Å². The Bertz CT molecular complexity index is 1170. The number of hydrogen-bond acceptors (Lipinski definition) is 5. The second-order valence-electron chi connectivity index (χ2n) is 7.79. The first kappa shape index (κ1) is 26.7. The third-order valence-corrected chi connectivity index (χ3v) is 6.39. The van der Waals surface area contributed by atoms with Gasteiger partial charge in [-0.1, -0.05) is 58.4 Å². The van der Waals surface area contributed by atoms with Crippen LogP contribution in [0.5, 0.6) is 5.75 Å². The number of rotatable bonds is 11. The highest BCUT2D eigenvalue weighted by Gasteiger charge is 2.11. The van der Waals surface area contributed by atoms with E-state index in [9.17, 15) is 14.4 Å². The third-order valence-electron chi connectivity index (χ3n) is 5.08. The quantitative estimate of drug-likeness (QED) is 0.177. The lowest BCUT2D eigenvalue weighted by Crippen LogP contribution is -2.43. The summed E-state index contributed by atoms with van der Waals surface area (Å²) in [6, 6.07) is 19.5. The summed E-state index contributed by atoms with van der Waals surface area (Å²) in [5, 5.41) is 1.97. The van der Waals surface area contributed by atoms with Crippen molar-refractivity contribution in [1.29, 1.82) is 0 Å². The van der Waals surface area contributed by atoms with E-state index >= 15 is 0 Å². The van der Waals surface area contributed by atoms with Gasteiger partial charge in [-0.3, -0.25) is 25.2 Å². The fourth-order valence-electron chi connectivity index (χ4n) is 3.31. The Hall–Kier alpha value is -2.91. The van der Waals surface area contributed by atoms with Crippen molar-refractivity contribution in [3.8, 4) is 5.75 Å². The van der Waals surface area contributed by atoms with Crippen LogP contribution in [-0.2, 0) is 25.5 Å². The van der Waals surface area contributed by atoms with Crippen molar-refractivity contribution >= 4 is 60.4 Å². The Morgan fingerprint density at radius 3 is 2.40 bits per heavy atom. The molecule has 3 aromatic rings. The van der Waals surface area contributed by atoms with Crippen molar-refractivity contribution in [3.05, 3.63) is 75.2 Å². The number of esters is 1. The molecule has 3 rings (SSSR count). The molecule has 0 bridgehead atoms. The number of carbonyl (C=O) groups excluding carboxylic acids is 3. The Morgan fingerprint density at radius 1 is 0.829 bits per heavy atom. The highest BCUT2D eigenvalue weighted by molar-refractivity contribution is 9.11. The number of hydrazine groups is 1. The van der Waals surface area contributed by atoms with Crippen molar-refractivity contribution < 1.29 is 23.9 Å². The van der Waals surface area contributed by atoms with E-state index in [-0.39, 0.29) is 25.4 Å². The summed E-state index contributed by atoms with van der Waals surface area (Å²) in [6.07, 6.45) is 2.15. The first-order chi connectivity index (χ1) is 16.9. The molecular formula is C26H26Br2N2O5. The van der Waals surface area contributed by atoms with Gasteiger partial charge < -0.3 is 9.47 Å². The molecule has 0 spiro atoms. The van der Waals surface area contributed by atoms with E-state index in [0.717, 1.165) is 32.6 Å². The molecule has 0 aliphatic rings. The lowest BCUT2D eigenvalue weighted by Gasteiger charge is -2.11. The van der Waals surface area contributed by atoms with Crippen LogP contribution < -0.4 is 15.6 Å². The molecule has 35 heavy (non-hydrogen) atoms. The van der Waals surface area contributed by atoms with Crippen molar-refractivity contribution in [2.24, 2.45) is 0 Å². The molecule has 0 atom stereocenters. The minimum Gasteiger partial charge on any atom is -0.483 e. The number of carbonyl (C=O) groups is 3. The first-order valence-corrected chi connectivity index (χ1v) is 12.8. The summed E-state index contributed by atoms with van der Waals surface area (Å²) in [7, 11) is 0. The molecule has 0 unspecified atom stereocenters. The molecule has 0 fully saturated rings. The summed E-state index contributed by atoms with van der Waals surface area (Å²) in [5.41, 5.74) is 5.84. The van der Waals surface area contributed by atoms with Gasteiger partial charge in [-0.15, -0.1) is 0 Å². The van der Waals surface area contributed by atoms with Crippen LogP contribution in [0.25, 0.3) is 10.8 Å². The van der Waals surface area contributed by atoms with Crippen molar-refractivity contribution in [2.45, 2.75) is 32.1 Å². The van der Waals surface area contributed by atoms with Crippen LogP contribution in [0.1, 0.15) is 31.2 Å². The molecule has 184 valence electrons. The van der Waals surface area contributed by atoms with Crippen molar-refractivity contribution in [3.63, 3.8) is 0 Å². The summed E-state index contributed by atoms with van der Waals surface area (Å²) >= 11 is 6.95. The smallest absolute Gasteiger partial charge is 0.305 e. The molecule has 0 aliphatic heterocycles. The van der Waals surface area contributed by atoms with Gasteiger partial charge in [0.25, 0.3) is 5.91 Å². The summed E-state index contributed by atoms with van der Waals surface area (Å²) in [5.74, 6) is -0.716. The zero-order valence-corrected chi connectivity index (χ0v) is 22.2. The Kier molecular flexibility index (Phi) is 10.6. The zero-order chi connectivity index (χ0) is 25.0. The normalized spacial score (nSPS) is 10.6. The highest BCUT2D eigenvalue weighted by atomic mass is 79.9. The number of nitrogens with one attached hydrogen (secondary N) is 2. The fourth-order valence-corrected chi connectivity index (χ4v) is 4.29.